The number of ether oxygens (including phenoxy) is 1. The minimum Gasteiger partial charge on any atom is -0.371 e. The molecule has 0 aromatic rings. The summed E-state index contributed by atoms with van der Waals surface area (Å²) in [4.78, 5) is 28.2. The molecule has 1 saturated carbocycles. The van der Waals surface area contributed by atoms with Crippen molar-refractivity contribution in [3.05, 3.63) is 0 Å². The standard InChI is InChI=1S/C18H28N2O3/c21-16-6-1-2-9-19(16)10-14-7-8-18(23-11-14)12-20(13-18)17(22)15-4-3-5-15/h14-15H,1-13H2/t14-/m0/s1. The normalized spacial score (nSPS) is 31.0. The summed E-state index contributed by atoms with van der Waals surface area (Å²) >= 11 is 0. The van der Waals surface area contributed by atoms with E-state index >= 15 is 0 Å². The van der Waals surface area contributed by atoms with Crippen molar-refractivity contribution in [1.29, 1.82) is 0 Å². The third kappa shape index (κ3) is 3.00. The Bertz CT molecular complexity index is 473. The maximum Gasteiger partial charge on any atom is 0.225 e. The van der Waals surface area contributed by atoms with E-state index in [0.717, 1.165) is 77.7 Å². The summed E-state index contributed by atoms with van der Waals surface area (Å²) < 4.78 is 6.17. The van der Waals surface area contributed by atoms with Crippen LogP contribution in [-0.4, -0.2) is 60.0 Å². The first kappa shape index (κ1) is 15.4. The van der Waals surface area contributed by atoms with Gasteiger partial charge in [-0.3, -0.25) is 9.59 Å². The van der Waals surface area contributed by atoms with Gasteiger partial charge >= 0.3 is 0 Å². The summed E-state index contributed by atoms with van der Waals surface area (Å²) in [5, 5.41) is 0. The summed E-state index contributed by atoms with van der Waals surface area (Å²) in [6.45, 7) is 4.11. The van der Waals surface area contributed by atoms with Crippen LogP contribution in [-0.2, 0) is 14.3 Å². The maximum absolute atomic E-state index is 12.2. The molecule has 4 rings (SSSR count). The molecule has 0 N–H and O–H groups in total. The van der Waals surface area contributed by atoms with Crippen LogP contribution in [0.3, 0.4) is 0 Å². The Morgan fingerprint density at radius 1 is 1.17 bits per heavy atom. The minimum atomic E-state index is -0.0676. The van der Waals surface area contributed by atoms with Crippen molar-refractivity contribution < 1.29 is 14.3 Å². The number of carbonyl (C=O) groups excluding carboxylic acids is 2. The number of hydrogen-bond acceptors (Lipinski definition) is 3. The van der Waals surface area contributed by atoms with Crippen molar-refractivity contribution in [3.8, 4) is 0 Å². The second-order valence-electron chi connectivity index (χ2n) is 8.02. The van der Waals surface area contributed by atoms with Gasteiger partial charge < -0.3 is 14.5 Å². The molecule has 1 spiro atoms. The van der Waals surface area contributed by atoms with Gasteiger partial charge in [0.05, 0.1) is 19.7 Å². The molecule has 5 nitrogen and oxygen atoms in total. The highest BCUT2D eigenvalue weighted by Gasteiger charge is 2.50. The highest BCUT2D eigenvalue weighted by Crippen LogP contribution is 2.39. The molecule has 1 aliphatic carbocycles. The SMILES string of the molecule is O=C1CCCCN1C[C@@H]1CCC2(CN(C(=O)C3CCC3)C2)OC1. The lowest BCUT2D eigenvalue weighted by molar-refractivity contribution is -0.194. The van der Waals surface area contributed by atoms with Gasteiger partial charge in [-0.05, 0) is 38.5 Å². The molecule has 0 aromatic heterocycles. The second kappa shape index (κ2) is 6.08. The quantitative estimate of drug-likeness (QED) is 0.797. The number of piperidine rings is 1. The predicted molar refractivity (Wildman–Crippen MR) is 85.8 cm³/mol. The molecule has 23 heavy (non-hydrogen) atoms. The molecule has 2 amide bonds. The van der Waals surface area contributed by atoms with Crippen molar-refractivity contribution in [3.63, 3.8) is 0 Å². The van der Waals surface area contributed by atoms with E-state index in [9.17, 15) is 9.59 Å². The molecule has 0 aromatic carbocycles. The zero-order chi connectivity index (χ0) is 15.9. The van der Waals surface area contributed by atoms with Gasteiger partial charge in [0.2, 0.25) is 11.8 Å². The molecular weight excluding hydrogens is 292 g/mol. The van der Waals surface area contributed by atoms with Crippen molar-refractivity contribution >= 4 is 11.8 Å². The first-order chi connectivity index (χ1) is 11.2. The van der Waals surface area contributed by atoms with Crippen LogP contribution >= 0.6 is 0 Å². The van der Waals surface area contributed by atoms with Crippen LogP contribution in [0.4, 0.5) is 0 Å². The fraction of sp³-hybridized carbons (Fsp3) is 0.889. The Morgan fingerprint density at radius 3 is 2.61 bits per heavy atom. The van der Waals surface area contributed by atoms with Crippen LogP contribution < -0.4 is 0 Å². The fourth-order valence-electron chi connectivity index (χ4n) is 4.40. The molecule has 4 fully saturated rings. The van der Waals surface area contributed by atoms with Gasteiger partial charge in [0.25, 0.3) is 0 Å². The molecule has 5 heteroatoms. The smallest absolute Gasteiger partial charge is 0.225 e. The summed E-state index contributed by atoms with van der Waals surface area (Å²) in [7, 11) is 0. The van der Waals surface area contributed by atoms with Crippen molar-refractivity contribution in [1.82, 2.24) is 9.80 Å². The lowest BCUT2D eigenvalue weighted by Crippen LogP contribution is -2.67. The molecule has 0 unspecified atom stereocenters. The average Bonchev–Trinajstić information content (AvgIpc) is 2.46. The molecule has 3 heterocycles. The van der Waals surface area contributed by atoms with Crippen molar-refractivity contribution in [2.24, 2.45) is 11.8 Å². The number of rotatable bonds is 3. The zero-order valence-electron chi connectivity index (χ0n) is 14.0. The predicted octanol–water partition coefficient (Wildman–Crippen LogP) is 1.81. The number of nitrogens with zero attached hydrogens (tertiary/aromatic N) is 2. The lowest BCUT2D eigenvalue weighted by atomic mass is 9.79. The molecular formula is C18H28N2O3. The van der Waals surface area contributed by atoms with E-state index < -0.39 is 0 Å². The van der Waals surface area contributed by atoms with Crippen LogP contribution in [0.15, 0.2) is 0 Å². The first-order valence-electron chi connectivity index (χ1n) is 9.36. The van der Waals surface area contributed by atoms with Gasteiger partial charge in [0.1, 0.15) is 5.60 Å². The minimum absolute atomic E-state index is 0.0676. The van der Waals surface area contributed by atoms with E-state index in [1.807, 2.05) is 9.80 Å². The van der Waals surface area contributed by atoms with E-state index in [1.54, 1.807) is 0 Å². The third-order valence-electron chi connectivity index (χ3n) is 6.26. The molecule has 128 valence electrons. The Labute approximate surface area is 138 Å². The zero-order valence-corrected chi connectivity index (χ0v) is 14.0. The van der Waals surface area contributed by atoms with Crippen molar-refractivity contribution in [2.75, 3.05) is 32.8 Å². The Morgan fingerprint density at radius 2 is 2.00 bits per heavy atom. The molecule has 3 aliphatic heterocycles. The van der Waals surface area contributed by atoms with E-state index in [4.69, 9.17) is 4.74 Å². The Hall–Kier alpha value is -1.10. The van der Waals surface area contributed by atoms with E-state index in [-0.39, 0.29) is 5.60 Å². The Kier molecular flexibility index (Phi) is 4.08. The number of carbonyl (C=O) groups is 2. The molecule has 3 saturated heterocycles. The van der Waals surface area contributed by atoms with Crippen LogP contribution in [0.1, 0.15) is 51.4 Å². The average molecular weight is 320 g/mol. The lowest BCUT2D eigenvalue weighted by Gasteiger charge is -2.54. The molecule has 0 radical (unpaired) electrons. The van der Waals surface area contributed by atoms with Crippen LogP contribution in [0.25, 0.3) is 0 Å². The number of amides is 2. The van der Waals surface area contributed by atoms with Crippen LogP contribution in [0.5, 0.6) is 0 Å². The molecule has 1 atom stereocenters. The molecule has 4 aliphatic rings. The summed E-state index contributed by atoms with van der Waals surface area (Å²) in [5.74, 6) is 1.44. The summed E-state index contributed by atoms with van der Waals surface area (Å²) in [6.07, 6.45) is 8.43. The van der Waals surface area contributed by atoms with Gasteiger partial charge in [0, 0.05) is 31.3 Å². The van der Waals surface area contributed by atoms with E-state index in [0.29, 0.717) is 23.7 Å². The van der Waals surface area contributed by atoms with Crippen LogP contribution in [0, 0.1) is 11.8 Å². The summed E-state index contributed by atoms with van der Waals surface area (Å²) in [6, 6.07) is 0. The number of hydrogen-bond donors (Lipinski definition) is 0. The van der Waals surface area contributed by atoms with E-state index in [1.165, 1.54) is 6.42 Å². The maximum atomic E-state index is 12.2. The molecule has 0 bridgehead atoms. The van der Waals surface area contributed by atoms with Gasteiger partial charge in [-0.25, -0.2) is 0 Å². The first-order valence-corrected chi connectivity index (χ1v) is 9.36. The third-order valence-corrected chi connectivity index (χ3v) is 6.26. The highest BCUT2D eigenvalue weighted by molar-refractivity contribution is 5.80. The van der Waals surface area contributed by atoms with Gasteiger partial charge in [-0.1, -0.05) is 6.42 Å². The highest BCUT2D eigenvalue weighted by atomic mass is 16.5. The van der Waals surface area contributed by atoms with Crippen LogP contribution in [0.2, 0.25) is 0 Å². The topological polar surface area (TPSA) is 49.9 Å². The van der Waals surface area contributed by atoms with Gasteiger partial charge in [-0.15, -0.1) is 0 Å². The largest absolute Gasteiger partial charge is 0.371 e. The van der Waals surface area contributed by atoms with Crippen molar-refractivity contribution in [2.45, 2.75) is 57.0 Å². The monoisotopic (exact) mass is 320 g/mol. The Balaban J connectivity index is 1.22. The van der Waals surface area contributed by atoms with Gasteiger partial charge in [0.15, 0.2) is 0 Å². The summed E-state index contributed by atoms with van der Waals surface area (Å²) in [5.41, 5.74) is -0.0676. The fourth-order valence-corrected chi connectivity index (χ4v) is 4.40. The van der Waals surface area contributed by atoms with E-state index in [2.05, 4.69) is 0 Å². The van der Waals surface area contributed by atoms with Gasteiger partial charge in [-0.2, -0.15) is 0 Å². The second-order valence-corrected chi connectivity index (χ2v) is 8.02. The number of likely N-dealkylation sites (tertiary alicyclic amines) is 2.